The first kappa shape index (κ1) is 18.6. The molecule has 5 nitrogen and oxygen atoms in total. The average molecular weight is 398 g/mol. The summed E-state index contributed by atoms with van der Waals surface area (Å²) in [7, 11) is 0. The van der Waals surface area contributed by atoms with Gasteiger partial charge < -0.3 is 5.32 Å². The van der Waals surface area contributed by atoms with Gasteiger partial charge in [-0.3, -0.25) is 14.5 Å². The number of hydrogen-bond donors (Lipinski definition) is 1. The molecule has 1 fully saturated rings. The number of nitrogens with zero attached hydrogens (tertiary/aromatic N) is 1. The van der Waals surface area contributed by atoms with Crippen LogP contribution in [0, 0.1) is 0 Å². The van der Waals surface area contributed by atoms with Gasteiger partial charge in [0.15, 0.2) is 5.78 Å². The summed E-state index contributed by atoms with van der Waals surface area (Å²) >= 11 is 0. The lowest BCUT2D eigenvalue weighted by molar-refractivity contribution is -0.130. The molecule has 3 aromatic rings. The molecule has 2 aliphatic rings. The van der Waals surface area contributed by atoms with Crippen molar-refractivity contribution in [1.29, 1.82) is 0 Å². The van der Waals surface area contributed by atoms with Crippen LogP contribution in [0.4, 0.5) is 4.79 Å². The van der Waals surface area contributed by atoms with E-state index in [1.165, 1.54) is 11.1 Å². The molecule has 5 heteroatoms. The zero-order valence-electron chi connectivity index (χ0n) is 16.8. The monoisotopic (exact) mass is 398 g/mol. The predicted molar refractivity (Wildman–Crippen MR) is 114 cm³/mol. The smallest absolute Gasteiger partial charge is 0.319 e. The summed E-state index contributed by atoms with van der Waals surface area (Å²) in [4.78, 5) is 39.9. The first-order valence-electron chi connectivity index (χ1n) is 10.2. The molecule has 3 aromatic carbocycles. The number of aryl methyl sites for hydroxylation is 2. The number of ketones is 1. The summed E-state index contributed by atoms with van der Waals surface area (Å²) in [5.74, 6) is -0.631. The van der Waals surface area contributed by atoms with E-state index in [-0.39, 0.29) is 12.3 Å². The lowest BCUT2D eigenvalue weighted by atomic mass is 9.87. The molecule has 0 aromatic heterocycles. The van der Waals surface area contributed by atoms with Crippen LogP contribution in [0.3, 0.4) is 0 Å². The molecule has 0 radical (unpaired) electrons. The lowest BCUT2D eigenvalue weighted by Gasteiger charge is -2.24. The molecule has 0 unspecified atom stereocenters. The topological polar surface area (TPSA) is 66.5 Å². The number of nitrogens with one attached hydrogen (secondary N) is 1. The van der Waals surface area contributed by atoms with Crippen LogP contribution < -0.4 is 5.32 Å². The van der Waals surface area contributed by atoms with E-state index in [9.17, 15) is 14.4 Å². The quantitative estimate of drug-likeness (QED) is 0.534. The van der Waals surface area contributed by atoms with Crippen molar-refractivity contribution in [2.45, 2.75) is 31.7 Å². The number of fused-ring (bicyclic) bond motifs is 2. The van der Waals surface area contributed by atoms with E-state index in [0.29, 0.717) is 5.56 Å². The fourth-order valence-corrected chi connectivity index (χ4v) is 4.66. The minimum absolute atomic E-state index is 0.227. The maximum atomic E-state index is 13.3. The second-order valence-electron chi connectivity index (χ2n) is 8.23. The van der Waals surface area contributed by atoms with Crippen molar-refractivity contribution in [2.24, 2.45) is 0 Å². The molecular formula is C25H22N2O3. The second-order valence-corrected chi connectivity index (χ2v) is 8.23. The molecule has 1 aliphatic heterocycles. The van der Waals surface area contributed by atoms with Gasteiger partial charge in [0.1, 0.15) is 5.54 Å². The van der Waals surface area contributed by atoms with Gasteiger partial charge in [-0.25, -0.2) is 4.79 Å². The SMILES string of the molecule is C[C@]1(c2cccc3ccccc23)NC(=O)N(CC(=O)c2ccc3c(c2)CCC3)C1=O. The normalized spacial score (nSPS) is 20.5. The van der Waals surface area contributed by atoms with Gasteiger partial charge >= 0.3 is 6.03 Å². The van der Waals surface area contributed by atoms with Crippen LogP contribution >= 0.6 is 0 Å². The summed E-state index contributed by atoms with van der Waals surface area (Å²) in [5.41, 5.74) is 2.54. The third-order valence-electron chi connectivity index (χ3n) is 6.33. The zero-order chi connectivity index (χ0) is 20.9. The van der Waals surface area contributed by atoms with E-state index < -0.39 is 17.5 Å². The molecule has 1 N–H and O–H groups in total. The molecule has 0 spiro atoms. The highest BCUT2D eigenvalue weighted by Gasteiger charge is 2.50. The second kappa shape index (κ2) is 6.80. The van der Waals surface area contributed by atoms with E-state index in [2.05, 4.69) is 5.32 Å². The Kier molecular flexibility index (Phi) is 4.21. The van der Waals surface area contributed by atoms with E-state index >= 15 is 0 Å². The number of rotatable bonds is 4. The van der Waals surface area contributed by atoms with E-state index in [0.717, 1.165) is 40.5 Å². The van der Waals surface area contributed by atoms with Crippen LogP contribution in [-0.2, 0) is 23.2 Å². The average Bonchev–Trinajstić information content (AvgIpc) is 3.31. The zero-order valence-corrected chi connectivity index (χ0v) is 16.8. The highest BCUT2D eigenvalue weighted by Crippen LogP contribution is 2.34. The van der Waals surface area contributed by atoms with E-state index in [4.69, 9.17) is 0 Å². The molecule has 1 saturated heterocycles. The number of Topliss-reactive ketones (excluding diaryl/α,β-unsaturated/α-hetero) is 1. The molecule has 5 rings (SSSR count). The van der Waals surface area contributed by atoms with Crippen molar-refractivity contribution >= 4 is 28.5 Å². The first-order chi connectivity index (χ1) is 14.5. The summed E-state index contributed by atoms with van der Waals surface area (Å²) in [5, 5.41) is 4.72. The van der Waals surface area contributed by atoms with Crippen LogP contribution in [0.15, 0.2) is 60.7 Å². The van der Waals surface area contributed by atoms with Gasteiger partial charge in [0.05, 0.1) is 6.54 Å². The third kappa shape index (κ3) is 2.81. The Morgan fingerprint density at radius 3 is 2.63 bits per heavy atom. The highest BCUT2D eigenvalue weighted by molar-refractivity contribution is 6.12. The molecular weight excluding hydrogens is 376 g/mol. The standard InChI is InChI=1S/C25H22N2O3/c1-25(21-11-5-8-17-6-2-3-10-20(17)21)23(29)27(24(30)26-25)15-22(28)19-13-12-16-7-4-9-18(16)14-19/h2-3,5-6,8,10-14H,4,7,9,15H2,1H3,(H,26,30)/t25-/m1/s1. The maximum Gasteiger partial charge on any atom is 0.325 e. The minimum Gasteiger partial charge on any atom is -0.319 e. The largest absolute Gasteiger partial charge is 0.325 e. The fourth-order valence-electron chi connectivity index (χ4n) is 4.66. The summed E-state index contributed by atoms with van der Waals surface area (Å²) < 4.78 is 0. The molecule has 0 bridgehead atoms. The van der Waals surface area contributed by atoms with Gasteiger partial charge in [-0.15, -0.1) is 0 Å². The number of carbonyl (C=O) groups is 3. The molecule has 0 saturated carbocycles. The van der Waals surface area contributed by atoms with Gasteiger partial charge in [0, 0.05) is 5.56 Å². The van der Waals surface area contributed by atoms with Gasteiger partial charge in [-0.1, -0.05) is 54.6 Å². The highest BCUT2D eigenvalue weighted by atomic mass is 16.2. The third-order valence-corrected chi connectivity index (χ3v) is 6.33. The number of amides is 3. The molecule has 1 aliphatic carbocycles. The van der Waals surface area contributed by atoms with E-state index in [1.807, 2.05) is 54.6 Å². The van der Waals surface area contributed by atoms with Crippen molar-refractivity contribution < 1.29 is 14.4 Å². The van der Waals surface area contributed by atoms with Crippen molar-refractivity contribution in [3.63, 3.8) is 0 Å². The number of urea groups is 1. The van der Waals surface area contributed by atoms with Crippen LogP contribution in [0.25, 0.3) is 10.8 Å². The number of imide groups is 1. The predicted octanol–water partition coefficient (Wildman–Crippen LogP) is 3.98. The summed E-state index contributed by atoms with van der Waals surface area (Å²) in [6.07, 6.45) is 3.11. The minimum atomic E-state index is -1.21. The first-order valence-corrected chi connectivity index (χ1v) is 10.2. The van der Waals surface area contributed by atoms with Crippen molar-refractivity contribution in [3.05, 3.63) is 82.9 Å². The van der Waals surface area contributed by atoms with Gasteiger partial charge in [-0.05, 0) is 59.7 Å². The fraction of sp³-hybridized carbons (Fsp3) is 0.240. The molecule has 30 heavy (non-hydrogen) atoms. The maximum absolute atomic E-state index is 13.3. The van der Waals surface area contributed by atoms with Crippen LogP contribution in [0.5, 0.6) is 0 Å². The van der Waals surface area contributed by atoms with Crippen molar-refractivity contribution in [3.8, 4) is 0 Å². The van der Waals surface area contributed by atoms with Gasteiger partial charge in [0.2, 0.25) is 0 Å². The van der Waals surface area contributed by atoms with Crippen LogP contribution in [0.1, 0.15) is 40.4 Å². The molecule has 1 atom stereocenters. The molecule has 1 heterocycles. The Morgan fingerprint density at radius 2 is 1.77 bits per heavy atom. The Bertz CT molecular complexity index is 1210. The lowest BCUT2D eigenvalue weighted by Crippen LogP contribution is -2.41. The Hall–Kier alpha value is -3.47. The number of benzene rings is 3. The van der Waals surface area contributed by atoms with Crippen molar-refractivity contribution in [2.75, 3.05) is 6.54 Å². The Labute approximate surface area is 174 Å². The molecule has 150 valence electrons. The summed E-state index contributed by atoms with van der Waals surface area (Å²) in [6.45, 7) is 1.44. The molecule has 3 amide bonds. The van der Waals surface area contributed by atoms with Crippen LogP contribution in [0.2, 0.25) is 0 Å². The number of hydrogen-bond acceptors (Lipinski definition) is 3. The van der Waals surface area contributed by atoms with E-state index in [1.54, 1.807) is 13.0 Å². The Morgan fingerprint density at radius 1 is 1.00 bits per heavy atom. The Balaban J connectivity index is 1.45. The van der Waals surface area contributed by atoms with Crippen molar-refractivity contribution in [1.82, 2.24) is 10.2 Å². The number of carbonyl (C=O) groups excluding carboxylic acids is 3. The van der Waals surface area contributed by atoms with Gasteiger partial charge in [0.25, 0.3) is 5.91 Å². The summed E-state index contributed by atoms with van der Waals surface area (Å²) in [6, 6.07) is 18.6. The van der Waals surface area contributed by atoms with Crippen LogP contribution in [-0.4, -0.2) is 29.2 Å². The van der Waals surface area contributed by atoms with Gasteiger partial charge in [-0.2, -0.15) is 0 Å².